The Morgan fingerprint density at radius 3 is 2.50 bits per heavy atom. The quantitative estimate of drug-likeness (QED) is 0.254. The molecule has 2 saturated heterocycles. The average molecular weight is 657 g/mol. The zero-order chi connectivity index (χ0) is 30.8. The molecule has 2 N–H and O–H groups in total. The minimum Gasteiger partial charge on any atom is -0.494 e. The van der Waals surface area contributed by atoms with E-state index in [2.05, 4.69) is 53.4 Å². The number of piperidine rings is 1. The summed E-state index contributed by atoms with van der Waals surface area (Å²) >= 11 is 7.94. The van der Waals surface area contributed by atoms with Crippen LogP contribution in [0.5, 0.6) is 5.75 Å². The van der Waals surface area contributed by atoms with Crippen LogP contribution in [0.4, 0.5) is 28.8 Å². The largest absolute Gasteiger partial charge is 0.494 e. The highest BCUT2D eigenvalue weighted by Gasteiger charge is 2.27. The van der Waals surface area contributed by atoms with Crippen molar-refractivity contribution in [2.45, 2.75) is 24.6 Å². The Balaban J connectivity index is 1.17. The molecule has 0 atom stereocenters. The van der Waals surface area contributed by atoms with E-state index in [4.69, 9.17) is 16.3 Å². The highest BCUT2D eigenvalue weighted by molar-refractivity contribution is 7.89. The molecule has 0 aliphatic carbocycles. The Morgan fingerprint density at radius 1 is 1.02 bits per heavy atom. The number of hydrogen-bond acceptors (Lipinski definition) is 12. The summed E-state index contributed by atoms with van der Waals surface area (Å²) in [6.07, 6.45) is 5.02. The van der Waals surface area contributed by atoms with E-state index in [1.807, 2.05) is 24.3 Å². The monoisotopic (exact) mass is 656 g/mol. The SMILES string of the molecule is COc1cc(N2CCC(N3CCN(C)CC3)CC2)ccc1Nc1ncc(Cl)c(Nc2ccc3scnc3c2CS(C)(=O)=O)n1. The first kappa shape index (κ1) is 30.8. The van der Waals surface area contributed by atoms with Gasteiger partial charge in [-0.2, -0.15) is 4.98 Å². The first-order valence-corrected chi connectivity index (χ1v) is 17.9. The lowest BCUT2D eigenvalue weighted by atomic mass is 10.0. The molecule has 14 heteroatoms. The van der Waals surface area contributed by atoms with Gasteiger partial charge in [0, 0.05) is 74.6 Å². The first-order valence-electron chi connectivity index (χ1n) is 14.6. The van der Waals surface area contributed by atoms with E-state index in [0.717, 1.165) is 68.2 Å². The molecule has 2 aliphatic rings. The first-order chi connectivity index (χ1) is 21.2. The number of aromatic nitrogens is 3. The van der Waals surface area contributed by atoms with Crippen LogP contribution in [0, 0.1) is 0 Å². The van der Waals surface area contributed by atoms with E-state index in [9.17, 15) is 8.42 Å². The van der Waals surface area contributed by atoms with Crippen LogP contribution >= 0.6 is 22.9 Å². The van der Waals surface area contributed by atoms with Crippen molar-refractivity contribution >= 4 is 71.8 Å². The number of hydrogen-bond donors (Lipinski definition) is 2. The van der Waals surface area contributed by atoms with Gasteiger partial charge in [-0.1, -0.05) is 11.6 Å². The van der Waals surface area contributed by atoms with Gasteiger partial charge in [0.1, 0.15) is 10.8 Å². The van der Waals surface area contributed by atoms with Gasteiger partial charge in [-0.05, 0) is 44.2 Å². The number of benzene rings is 2. The summed E-state index contributed by atoms with van der Waals surface area (Å²) in [6.45, 7) is 6.62. The second kappa shape index (κ2) is 13.0. The Bertz CT molecular complexity index is 1740. The number of anilines is 5. The number of ether oxygens (including phenoxy) is 1. The van der Waals surface area contributed by atoms with Gasteiger partial charge in [0.15, 0.2) is 15.7 Å². The maximum atomic E-state index is 12.2. The van der Waals surface area contributed by atoms with Crippen LogP contribution in [-0.4, -0.2) is 98.9 Å². The summed E-state index contributed by atoms with van der Waals surface area (Å²) < 4.78 is 31.1. The highest BCUT2D eigenvalue weighted by atomic mass is 35.5. The Morgan fingerprint density at radius 2 is 1.77 bits per heavy atom. The van der Waals surface area contributed by atoms with Crippen molar-refractivity contribution in [2.24, 2.45) is 0 Å². The molecule has 6 rings (SSSR count). The maximum Gasteiger partial charge on any atom is 0.229 e. The number of thiazole rings is 1. The number of fused-ring (bicyclic) bond motifs is 1. The van der Waals surface area contributed by atoms with Crippen LogP contribution in [0.15, 0.2) is 42.0 Å². The molecule has 0 bridgehead atoms. The number of halogens is 1. The Labute approximate surface area is 267 Å². The molecule has 0 spiro atoms. The standard InChI is InChI=1S/C30H37ClN8O3S2/c1-37-12-14-39(15-13-37)20-8-10-38(11-9-20)21-4-5-25(26(16-21)42-2)35-30-32-17-23(31)29(36-30)34-24-6-7-27-28(33-19-43-27)22(24)18-44(3,40)41/h4-7,16-17,19-20H,8-15,18H2,1-3H3,(H2,32,34,35,36). The Hall–Kier alpha value is -3.23. The summed E-state index contributed by atoms with van der Waals surface area (Å²) in [5, 5.41) is 6.77. The third-order valence-corrected chi connectivity index (χ3v) is 10.2. The fraction of sp³-hybridized carbons (Fsp3) is 0.433. The van der Waals surface area contributed by atoms with Gasteiger partial charge >= 0.3 is 0 Å². The molecule has 2 fully saturated rings. The number of nitrogens with one attached hydrogen (secondary N) is 2. The zero-order valence-electron chi connectivity index (χ0n) is 25.1. The average Bonchev–Trinajstić information content (AvgIpc) is 3.50. The van der Waals surface area contributed by atoms with Crippen LogP contribution in [0.1, 0.15) is 18.4 Å². The maximum absolute atomic E-state index is 12.2. The molecule has 2 aromatic carbocycles. The molecule has 0 saturated carbocycles. The molecule has 234 valence electrons. The normalized spacial score (nSPS) is 17.2. The van der Waals surface area contributed by atoms with Crippen molar-refractivity contribution in [1.29, 1.82) is 0 Å². The Kier molecular flexibility index (Phi) is 9.11. The summed E-state index contributed by atoms with van der Waals surface area (Å²) in [5.41, 5.74) is 5.33. The number of sulfone groups is 1. The van der Waals surface area contributed by atoms with Crippen molar-refractivity contribution in [1.82, 2.24) is 24.8 Å². The predicted molar refractivity (Wildman–Crippen MR) is 179 cm³/mol. The molecular weight excluding hydrogens is 620 g/mol. The number of likely N-dealkylation sites (N-methyl/N-ethyl adjacent to an activating group) is 1. The van der Waals surface area contributed by atoms with Gasteiger partial charge in [-0.25, -0.2) is 18.4 Å². The molecule has 0 unspecified atom stereocenters. The van der Waals surface area contributed by atoms with E-state index in [0.29, 0.717) is 45.3 Å². The lowest BCUT2D eigenvalue weighted by Crippen LogP contribution is -2.52. The van der Waals surface area contributed by atoms with Gasteiger partial charge in [0.05, 0.1) is 40.5 Å². The van der Waals surface area contributed by atoms with E-state index in [1.54, 1.807) is 12.6 Å². The molecule has 11 nitrogen and oxygen atoms in total. The zero-order valence-corrected chi connectivity index (χ0v) is 27.5. The van der Waals surface area contributed by atoms with Crippen LogP contribution in [0.3, 0.4) is 0 Å². The van der Waals surface area contributed by atoms with Gasteiger partial charge in [0.25, 0.3) is 0 Å². The smallest absolute Gasteiger partial charge is 0.229 e. The van der Waals surface area contributed by atoms with Crippen LogP contribution < -0.4 is 20.3 Å². The molecule has 4 heterocycles. The van der Waals surface area contributed by atoms with Gasteiger partial charge in [-0.3, -0.25) is 4.90 Å². The lowest BCUT2D eigenvalue weighted by Gasteiger charge is -2.42. The topological polar surface area (TPSA) is 116 Å². The van der Waals surface area contributed by atoms with Crippen LogP contribution in [0.2, 0.25) is 5.02 Å². The van der Waals surface area contributed by atoms with Gasteiger partial charge in [-0.15, -0.1) is 11.3 Å². The second-order valence-electron chi connectivity index (χ2n) is 11.4. The molecule has 4 aromatic rings. The van der Waals surface area contributed by atoms with Crippen molar-refractivity contribution in [3.8, 4) is 5.75 Å². The van der Waals surface area contributed by atoms with E-state index in [1.165, 1.54) is 23.8 Å². The molecule has 2 aliphatic heterocycles. The molecule has 0 amide bonds. The van der Waals surface area contributed by atoms with Gasteiger partial charge < -0.3 is 25.2 Å². The van der Waals surface area contributed by atoms with Gasteiger partial charge in [0.2, 0.25) is 5.95 Å². The van der Waals surface area contributed by atoms with E-state index in [-0.39, 0.29) is 5.75 Å². The van der Waals surface area contributed by atoms with E-state index >= 15 is 0 Å². The van der Waals surface area contributed by atoms with Crippen molar-refractivity contribution in [2.75, 3.05) is 75.2 Å². The molecule has 2 aromatic heterocycles. The third-order valence-electron chi connectivity index (χ3n) is 8.33. The summed E-state index contributed by atoms with van der Waals surface area (Å²) in [7, 11) is 0.525. The fourth-order valence-electron chi connectivity index (χ4n) is 5.93. The number of methoxy groups -OCH3 is 1. The van der Waals surface area contributed by atoms with Crippen molar-refractivity contribution < 1.29 is 13.2 Å². The minimum absolute atomic E-state index is 0.165. The fourth-order valence-corrected chi connectivity index (χ4v) is 7.59. The highest BCUT2D eigenvalue weighted by Crippen LogP contribution is 2.35. The third kappa shape index (κ3) is 7.02. The molecule has 0 radical (unpaired) electrons. The number of piperazine rings is 1. The van der Waals surface area contributed by atoms with E-state index < -0.39 is 9.84 Å². The molecule has 44 heavy (non-hydrogen) atoms. The number of nitrogens with zero attached hydrogens (tertiary/aromatic N) is 6. The van der Waals surface area contributed by atoms with Crippen LogP contribution in [-0.2, 0) is 15.6 Å². The molecular formula is C30H37ClN8O3S2. The van der Waals surface area contributed by atoms with Crippen molar-refractivity contribution in [3.05, 3.63) is 52.6 Å². The summed E-state index contributed by atoms with van der Waals surface area (Å²) in [4.78, 5) is 20.9. The number of rotatable bonds is 9. The van der Waals surface area contributed by atoms with Crippen LogP contribution in [0.25, 0.3) is 10.2 Å². The van der Waals surface area contributed by atoms with Crippen molar-refractivity contribution in [3.63, 3.8) is 0 Å². The second-order valence-corrected chi connectivity index (χ2v) is 14.9. The summed E-state index contributed by atoms with van der Waals surface area (Å²) in [6, 6.07) is 10.5. The lowest BCUT2D eigenvalue weighted by molar-refractivity contribution is 0.0982. The predicted octanol–water partition coefficient (Wildman–Crippen LogP) is 5.00. The summed E-state index contributed by atoms with van der Waals surface area (Å²) in [5.74, 6) is 1.17. The minimum atomic E-state index is -3.32.